The fourth-order valence-electron chi connectivity index (χ4n) is 4.52. The molecule has 0 atom stereocenters. The van der Waals surface area contributed by atoms with Crippen LogP contribution in [0.2, 0.25) is 0 Å². The van der Waals surface area contributed by atoms with Crippen LogP contribution >= 0.6 is 15.9 Å². The molecule has 5 aromatic rings. The van der Waals surface area contributed by atoms with Gasteiger partial charge in [0.15, 0.2) is 11.5 Å². The normalized spacial score (nSPS) is 13.0. The number of benzene rings is 3. The third-order valence-corrected chi connectivity index (χ3v) is 6.76. The molecule has 3 heterocycles. The van der Waals surface area contributed by atoms with Gasteiger partial charge in [-0.15, -0.1) is 0 Å². The quantitative estimate of drug-likeness (QED) is 0.259. The van der Waals surface area contributed by atoms with Gasteiger partial charge in [-0.1, -0.05) is 54.0 Å². The molecule has 3 aromatic carbocycles. The maximum absolute atomic E-state index is 13.4. The summed E-state index contributed by atoms with van der Waals surface area (Å²) in [6.45, 7) is 4.93. The summed E-state index contributed by atoms with van der Waals surface area (Å²) in [5.74, 6) is 2.18. The van der Waals surface area contributed by atoms with Gasteiger partial charge in [-0.3, -0.25) is 4.79 Å². The van der Waals surface area contributed by atoms with Crippen molar-refractivity contribution in [3.8, 4) is 11.5 Å². The SMILES string of the molecule is CC(C)c1nc2ccc(Br)cc2c(=O)n1N=Cc1cn(Cc2ccc3c(c2)OCO3)c2ccccc12. The third kappa shape index (κ3) is 3.97. The van der Waals surface area contributed by atoms with Crippen LogP contribution < -0.4 is 15.0 Å². The highest BCUT2D eigenvalue weighted by Crippen LogP contribution is 2.33. The van der Waals surface area contributed by atoms with E-state index in [-0.39, 0.29) is 18.3 Å². The van der Waals surface area contributed by atoms with E-state index in [1.807, 2.05) is 56.3 Å². The highest BCUT2D eigenvalue weighted by molar-refractivity contribution is 9.10. The van der Waals surface area contributed by atoms with Crippen LogP contribution in [0.5, 0.6) is 11.5 Å². The molecule has 0 bridgehead atoms. The molecule has 0 unspecified atom stereocenters. The molecule has 1 aliphatic heterocycles. The Morgan fingerprint density at radius 2 is 1.89 bits per heavy atom. The molecule has 7 nitrogen and oxygen atoms in total. The molecule has 0 saturated heterocycles. The Labute approximate surface area is 215 Å². The zero-order valence-electron chi connectivity index (χ0n) is 19.8. The minimum absolute atomic E-state index is 0.0234. The standard InChI is InChI=1S/C28H23BrN4O3/c1-17(2)27-31-23-9-8-20(29)12-22(23)28(34)33(27)30-13-19-15-32(24-6-4-3-5-21(19)24)14-18-7-10-25-26(11-18)36-16-35-25/h3-13,15,17H,14,16H2,1-2H3. The van der Waals surface area contributed by atoms with Crippen LogP contribution in [-0.4, -0.2) is 27.2 Å². The minimum atomic E-state index is -0.189. The summed E-state index contributed by atoms with van der Waals surface area (Å²) in [5.41, 5.74) is 3.58. The van der Waals surface area contributed by atoms with Crippen LogP contribution in [0.15, 0.2) is 81.2 Å². The van der Waals surface area contributed by atoms with Gasteiger partial charge in [0.05, 0.1) is 17.1 Å². The van der Waals surface area contributed by atoms with Gasteiger partial charge in [0.25, 0.3) is 5.56 Å². The molecule has 1 aliphatic rings. The van der Waals surface area contributed by atoms with Crippen molar-refractivity contribution >= 4 is 44.0 Å². The minimum Gasteiger partial charge on any atom is -0.454 e. The van der Waals surface area contributed by atoms with Crippen LogP contribution in [0, 0.1) is 0 Å². The molecule has 8 heteroatoms. The molecule has 36 heavy (non-hydrogen) atoms. The summed E-state index contributed by atoms with van der Waals surface area (Å²) in [7, 11) is 0. The van der Waals surface area contributed by atoms with Crippen molar-refractivity contribution in [2.45, 2.75) is 26.3 Å². The van der Waals surface area contributed by atoms with Crippen LogP contribution in [0.3, 0.4) is 0 Å². The number of para-hydroxylation sites is 1. The number of fused-ring (bicyclic) bond motifs is 3. The Kier molecular flexibility index (Phi) is 5.60. The van der Waals surface area contributed by atoms with Crippen molar-refractivity contribution < 1.29 is 9.47 Å². The zero-order chi connectivity index (χ0) is 24.8. The third-order valence-electron chi connectivity index (χ3n) is 6.27. The van der Waals surface area contributed by atoms with E-state index < -0.39 is 0 Å². The van der Waals surface area contributed by atoms with Gasteiger partial charge in [0.1, 0.15) is 5.82 Å². The maximum atomic E-state index is 13.4. The molecule has 0 saturated carbocycles. The van der Waals surface area contributed by atoms with E-state index in [4.69, 9.17) is 14.5 Å². The van der Waals surface area contributed by atoms with Crippen molar-refractivity contribution in [1.29, 1.82) is 0 Å². The van der Waals surface area contributed by atoms with Gasteiger partial charge in [-0.2, -0.15) is 9.78 Å². The average molecular weight is 543 g/mol. The lowest BCUT2D eigenvalue weighted by molar-refractivity contribution is 0.174. The predicted octanol–water partition coefficient (Wildman–Crippen LogP) is 5.90. The number of halogens is 1. The Morgan fingerprint density at radius 3 is 2.75 bits per heavy atom. The second-order valence-corrected chi connectivity index (χ2v) is 9.98. The first-order chi connectivity index (χ1) is 17.5. The summed E-state index contributed by atoms with van der Waals surface area (Å²) < 4.78 is 15.4. The second-order valence-electron chi connectivity index (χ2n) is 9.06. The van der Waals surface area contributed by atoms with E-state index in [0.29, 0.717) is 23.3 Å². The Morgan fingerprint density at radius 1 is 1.06 bits per heavy atom. The number of nitrogens with zero attached hydrogens (tertiary/aromatic N) is 4. The molecular weight excluding hydrogens is 520 g/mol. The number of rotatable bonds is 5. The van der Waals surface area contributed by atoms with Gasteiger partial charge in [0, 0.05) is 39.6 Å². The van der Waals surface area contributed by atoms with Crippen molar-refractivity contribution in [3.05, 3.63) is 98.6 Å². The van der Waals surface area contributed by atoms with Gasteiger partial charge >= 0.3 is 0 Å². The van der Waals surface area contributed by atoms with Crippen LogP contribution in [-0.2, 0) is 6.54 Å². The highest BCUT2D eigenvalue weighted by Gasteiger charge is 2.16. The Hall–Kier alpha value is -3.91. The lowest BCUT2D eigenvalue weighted by atomic mass is 10.2. The number of aromatic nitrogens is 3. The molecule has 0 aliphatic carbocycles. The first-order valence-corrected chi connectivity index (χ1v) is 12.5. The Bertz CT molecular complexity index is 1720. The first kappa shape index (κ1) is 22.5. The summed E-state index contributed by atoms with van der Waals surface area (Å²) in [4.78, 5) is 18.1. The number of ether oxygens (including phenoxy) is 2. The van der Waals surface area contributed by atoms with E-state index in [0.717, 1.165) is 38.0 Å². The predicted molar refractivity (Wildman–Crippen MR) is 144 cm³/mol. The second kappa shape index (κ2) is 8.95. The molecular formula is C28H23BrN4O3. The van der Waals surface area contributed by atoms with Gasteiger partial charge < -0.3 is 14.0 Å². The van der Waals surface area contributed by atoms with Gasteiger partial charge in [0.2, 0.25) is 6.79 Å². The smallest absolute Gasteiger partial charge is 0.282 e. The van der Waals surface area contributed by atoms with E-state index in [1.165, 1.54) is 4.68 Å². The van der Waals surface area contributed by atoms with Crippen molar-refractivity contribution in [1.82, 2.24) is 14.2 Å². The molecule has 0 fully saturated rings. The molecule has 6 rings (SSSR count). The summed E-state index contributed by atoms with van der Waals surface area (Å²) in [6, 6.07) is 19.7. The molecule has 0 radical (unpaired) electrons. The average Bonchev–Trinajstić information content (AvgIpc) is 3.48. The lowest BCUT2D eigenvalue weighted by Crippen LogP contribution is -2.23. The maximum Gasteiger partial charge on any atom is 0.282 e. The van der Waals surface area contributed by atoms with Crippen molar-refractivity contribution in [2.24, 2.45) is 5.10 Å². The number of hydrogen-bond donors (Lipinski definition) is 0. The van der Waals surface area contributed by atoms with Crippen LogP contribution in [0.4, 0.5) is 0 Å². The van der Waals surface area contributed by atoms with E-state index in [9.17, 15) is 4.79 Å². The fraction of sp³-hybridized carbons (Fsp3) is 0.179. The van der Waals surface area contributed by atoms with Gasteiger partial charge in [-0.05, 0) is 42.0 Å². The fourth-order valence-corrected chi connectivity index (χ4v) is 4.88. The molecule has 0 spiro atoms. The zero-order valence-corrected chi connectivity index (χ0v) is 21.4. The highest BCUT2D eigenvalue weighted by atomic mass is 79.9. The van der Waals surface area contributed by atoms with E-state index in [1.54, 1.807) is 12.3 Å². The van der Waals surface area contributed by atoms with Crippen LogP contribution in [0.1, 0.15) is 36.7 Å². The van der Waals surface area contributed by atoms with Crippen LogP contribution in [0.25, 0.3) is 21.8 Å². The lowest BCUT2D eigenvalue weighted by Gasteiger charge is -2.11. The molecule has 0 N–H and O–H groups in total. The molecule has 0 amide bonds. The van der Waals surface area contributed by atoms with E-state index >= 15 is 0 Å². The summed E-state index contributed by atoms with van der Waals surface area (Å²) in [5, 5.41) is 6.22. The summed E-state index contributed by atoms with van der Waals surface area (Å²) >= 11 is 3.46. The summed E-state index contributed by atoms with van der Waals surface area (Å²) in [6.07, 6.45) is 3.81. The monoisotopic (exact) mass is 542 g/mol. The topological polar surface area (TPSA) is 70.6 Å². The van der Waals surface area contributed by atoms with Crippen molar-refractivity contribution in [2.75, 3.05) is 6.79 Å². The number of hydrogen-bond acceptors (Lipinski definition) is 5. The largest absolute Gasteiger partial charge is 0.454 e. The van der Waals surface area contributed by atoms with Gasteiger partial charge in [-0.25, -0.2) is 4.98 Å². The molecule has 2 aromatic heterocycles. The van der Waals surface area contributed by atoms with Crippen molar-refractivity contribution in [3.63, 3.8) is 0 Å². The molecule has 180 valence electrons. The first-order valence-electron chi connectivity index (χ1n) is 11.7. The van der Waals surface area contributed by atoms with E-state index in [2.05, 4.69) is 43.9 Å². The Balaban J connectivity index is 1.43.